The minimum atomic E-state index is -0.599. The van der Waals surface area contributed by atoms with Crippen molar-refractivity contribution in [1.29, 1.82) is 5.26 Å². The van der Waals surface area contributed by atoms with Crippen LogP contribution in [-0.2, 0) is 4.74 Å². The van der Waals surface area contributed by atoms with Crippen molar-refractivity contribution >= 4 is 29.2 Å². The van der Waals surface area contributed by atoms with Crippen molar-refractivity contribution in [2.24, 2.45) is 0 Å². The summed E-state index contributed by atoms with van der Waals surface area (Å²) in [6, 6.07) is 4.61. The predicted octanol–water partition coefficient (Wildman–Crippen LogP) is 3.04. The van der Waals surface area contributed by atoms with E-state index in [4.69, 9.17) is 33.2 Å². The van der Waals surface area contributed by atoms with E-state index in [-0.39, 0.29) is 22.8 Å². The zero-order valence-electron chi connectivity index (χ0n) is 7.88. The lowest BCUT2D eigenvalue weighted by molar-refractivity contribution is 0.0526. The van der Waals surface area contributed by atoms with Crippen LogP contribution in [0.5, 0.6) is 0 Å². The number of halogens is 2. The number of hydrogen-bond donors (Lipinski definition) is 0. The van der Waals surface area contributed by atoms with E-state index in [9.17, 15) is 4.79 Å². The fraction of sp³-hybridized carbons (Fsp3) is 0.200. The highest BCUT2D eigenvalue weighted by molar-refractivity contribution is 6.36. The molecule has 78 valence electrons. The molecule has 0 aliphatic carbocycles. The Hall–Kier alpha value is -1.24. The molecule has 15 heavy (non-hydrogen) atoms. The Morgan fingerprint density at radius 2 is 2.20 bits per heavy atom. The first kappa shape index (κ1) is 11.8. The summed E-state index contributed by atoms with van der Waals surface area (Å²) in [4.78, 5) is 11.4. The van der Waals surface area contributed by atoms with Gasteiger partial charge in [-0.05, 0) is 19.1 Å². The Labute approximate surface area is 97.2 Å². The highest BCUT2D eigenvalue weighted by atomic mass is 35.5. The maximum absolute atomic E-state index is 11.4. The topological polar surface area (TPSA) is 50.1 Å². The van der Waals surface area contributed by atoms with Crippen LogP contribution in [0.15, 0.2) is 12.1 Å². The van der Waals surface area contributed by atoms with Gasteiger partial charge in [0.25, 0.3) is 0 Å². The highest BCUT2D eigenvalue weighted by Gasteiger charge is 2.16. The first-order chi connectivity index (χ1) is 7.10. The summed E-state index contributed by atoms with van der Waals surface area (Å²) in [5.41, 5.74) is 0.177. The molecule has 0 saturated heterocycles. The molecule has 0 radical (unpaired) electrons. The van der Waals surface area contributed by atoms with Gasteiger partial charge in [0.2, 0.25) is 0 Å². The third kappa shape index (κ3) is 2.62. The van der Waals surface area contributed by atoms with Gasteiger partial charge in [0.15, 0.2) is 0 Å². The number of nitrogens with zero attached hydrogens (tertiary/aromatic N) is 1. The number of esters is 1. The highest BCUT2D eigenvalue weighted by Crippen LogP contribution is 2.25. The number of nitriles is 1. The van der Waals surface area contributed by atoms with Crippen LogP contribution in [0.3, 0.4) is 0 Å². The van der Waals surface area contributed by atoms with Gasteiger partial charge in [0, 0.05) is 5.02 Å². The van der Waals surface area contributed by atoms with Gasteiger partial charge in [-0.2, -0.15) is 5.26 Å². The summed E-state index contributed by atoms with van der Waals surface area (Å²) in [5.74, 6) is -0.599. The molecule has 1 aromatic rings. The van der Waals surface area contributed by atoms with Crippen LogP contribution < -0.4 is 0 Å². The van der Waals surface area contributed by atoms with Gasteiger partial charge in [-0.3, -0.25) is 0 Å². The lowest BCUT2D eigenvalue weighted by atomic mass is 10.1. The summed E-state index contributed by atoms with van der Waals surface area (Å²) in [6.45, 7) is 1.91. The largest absolute Gasteiger partial charge is 0.462 e. The van der Waals surface area contributed by atoms with Crippen LogP contribution in [0.1, 0.15) is 22.8 Å². The van der Waals surface area contributed by atoms with Gasteiger partial charge in [-0.1, -0.05) is 23.2 Å². The molecule has 0 N–H and O–H groups in total. The Bertz CT molecular complexity index is 438. The van der Waals surface area contributed by atoms with E-state index in [1.165, 1.54) is 12.1 Å². The molecule has 1 rings (SSSR count). The molecule has 0 unspecified atom stereocenters. The van der Waals surface area contributed by atoms with Crippen molar-refractivity contribution in [2.45, 2.75) is 6.92 Å². The second-order valence-electron chi connectivity index (χ2n) is 2.64. The maximum Gasteiger partial charge on any atom is 0.339 e. The van der Waals surface area contributed by atoms with Gasteiger partial charge in [-0.15, -0.1) is 0 Å². The van der Waals surface area contributed by atoms with E-state index in [0.29, 0.717) is 5.02 Å². The van der Waals surface area contributed by atoms with Crippen molar-refractivity contribution in [2.75, 3.05) is 6.61 Å². The van der Waals surface area contributed by atoms with Crippen LogP contribution >= 0.6 is 23.2 Å². The summed E-state index contributed by atoms with van der Waals surface area (Å²) in [6.07, 6.45) is 0. The molecule has 1 aromatic carbocycles. The second kappa shape index (κ2) is 5.01. The fourth-order valence-corrected chi connectivity index (χ4v) is 1.59. The summed E-state index contributed by atoms with van der Waals surface area (Å²) in [7, 11) is 0. The summed E-state index contributed by atoms with van der Waals surface area (Å²) in [5, 5.41) is 9.26. The number of benzene rings is 1. The smallest absolute Gasteiger partial charge is 0.339 e. The Morgan fingerprint density at radius 3 is 2.73 bits per heavy atom. The minimum Gasteiger partial charge on any atom is -0.462 e. The molecule has 0 fully saturated rings. The van der Waals surface area contributed by atoms with Crippen molar-refractivity contribution in [3.05, 3.63) is 33.3 Å². The van der Waals surface area contributed by atoms with Crippen LogP contribution in [0.4, 0.5) is 0 Å². The van der Waals surface area contributed by atoms with Crippen LogP contribution in [-0.4, -0.2) is 12.6 Å². The van der Waals surface area contributed by atoms with E-state index in [0.717, 1.165) is 0 Å². The standard InChI is InChI=1S/C10H7Cl2NO2/c1-2-15-10(14)7-3-6(11)4-9(12)8(7)5-13/h3-4H,2H2,1H3. The van der Waals surface area contributed by atoms with Crippen LogP contribution in [0.2, 0.25) is 10.0 Å². The minimum absolute atomic E-state index is 0.0829. The normalized spacial score (nSPS) is 9.47. The Morgan fingerprint density at radius 1 is 1.53 bits per heavy atom. The second-order valence-corrected chi connectivity index (χ2v) is 3.49. The summed E-state index contributed by atoms with van der Waals surface area (Å²) >= 11 is 11.5. The van der Waals surface area contributed by atoms with Crippen LogP contribution in [0.25, 0.3) is 0 Å². The van der Waals surface area contributed by atoms with Crippen molar-refractivity contribution in [1.82, 2.24) is 0 Å². The monoisotopic (exact) mass is 243 g/mol. The van der Waals surface area contributed by atoms with Gasteiger partial charge in [0.1, 0.15) is 6.07 Å². The lowest BCUT2D eigenvalue weighted by Crippen LogP contribution is -2.07. The van der Waals surface area contributed by atoms with Crippen molar-refractivity contribution in [3.63, 3.8) is 0 Å². The molecule has 0 saturated carbocycles. The lowest BCUT2D eigenvalue weighted by Gasteiger charge is -2.05. The number of carbonyl (C=O) groups excluding carboxylic acids is 1. The van der Waals surface area contributed by atoms with Gasteiger partial charge in [-0.25, -0.2) is 4.79 Å². The summed E-state index contributed by atoms with van der Waals surface area (Å²) < 4.78 is 4.77. The van der Waals surface area contributed by atoms with Crippen molar-refractivity contribution < 1.29 is 9.53 Å². The van der Waals surface area contributed by atoms with E-state index < -0.39 is 5.97 Å². The molecule has 0 aliphatic heterocycles. The predicted molar refractivity (Wildman–Crippen MR) is 57.1 cm³/mol. The molecule has 3 nitrogen and oxygen atoms in total. The Balaban J connectivity index is 3.28. The first-order valence-corrected chi connectivity index (χ1v) is 4.92. The molecule has 0 aromatic heterocycles. The Kier molecular flexibility index (Phi) is 3.96. The molecule has 0 atom stereocenters. The van der Waals surface area contributed by atoms with Crippen LogP contribution in [0, 0.1) is 11.3 Å². The third-order valence-corrected chi connectivity index (χ3v) is 2.18. The fourth-order valence-electron chi connectivity index (χ4n) is 1.06. The first-order valence-electron chi connectivity index (χ1n) is 4.16. The van der Waals surface area contributed by atoms with Gasteiger partial charge >= 0.3 is 5.97 Å². The number of rotatable bonds is 2. The molecular formula is C10H7Cl2NO2. The number of carbonyl (C=O) groups is 1. The average molecular weight is 244 g/mol. The molecule has 0 heterocycles. The molecule has 5 heteroatoms. The van der Waals surface area contributed by atoms with Gasteiger partial charge in [0.05, 0.1) is 22.8 Å². The zero-order valence-corrected chi connectivity index (χ0v) is 9.39. The molecule has 0 bridgehead atoms. The van der Waals surface area contributed by atoms with Crippen molar-refractivity contribution in [3.8, 4) is 6.07 Å². The molecular weight excluding hydrogens is 237 g/mol. The number of hydrogen-bond acceptors (Lipinski definition) is 3. The zero-order chi connectivity index (χ0) is 11.4. The van der Waals surface area contributed by atoms with E-state index in [1.807, 2.05) is 6.07 Å². The number of ether oxygens (including phenoxy) is 1. The quantitative estimate of drug-likeness (QED) is 0.751. The van der Waals surface area contributed by atoms with E-state index in [2.05, 4.69) is 0 Å². The molecule has 0 aliphatic rings. The molecule has 0 spiro atoms. The van der Waals surface area contributed by atoms with E-state index >= 15 is 0 Å². The van der Waals surface area contributed by atoms with Gasteiger partial charge < -0.3 is 4.74 Å². The maximum atomic E-state index is 11.4. The average Bonchev–Trinajstić information content (AvgIpc) is 2.17. The third-order valence-electron chi connectivity index (χ3n) is 1.66. The SMILES string of the molecule is CCOC(=O)c1cc(Cl)cc(Cl)c1C#N. The van der Waals surface area contributed by atoms with E-state index in [1.54, 1.807) is 6.92 Å². The molecule has 0 amide bonds.